The third kappa shape index (κ3) is 3.76. The van der Waals surface area contributed by atoms with Crippen LogP contribution in [0.25, 0.3) is 0 Å². The third-order valence-electron chi connectivity index (χ3n) is 5.28. The molecule has 3 aromatic carbocycles. The van der Waals surface area contributed by atoms with Crippen molar-refractivity contribution >= 4 is 21.6 Å². The molecule has 0 N–H and O–H groups in total. The second-order valence-corrected chi connectivity index (χ2v) is 9.05. The van der Waals surface area contributed by atoms with Crippen molar-refractivity contribution in [3.63, 3.8) is 0 Å². The van der Waals surface area contributed by atoms with Gasteiger partial charge >= 0.3 is 0 Å². The summed E-state index contributed by atoms with van der Waals surface area (Å²) >= 11 is 0. The van der Waals surface area contributed by atoms with Gasteiger partial charge in [0.1, 0.15) is 0 Å². The minimum Gasteiger partial charge on any atom is -0.334 e. The zero-order chi connectivity index (χ0) is 20.4. The Morgan fingerprint density at radius 1 is 0.897 bits per heavy atom. The van der Waals surface area contributed by atoms with Gasteiger partial charge in [-0.15, -0.1) is 0 Å². The summed E-state index contributed by atoms with van der Waals surface area (Å²) < 4.78 is 27.3. The van der Waals surface area contributed by atoms with Gasteiger partial charge in [0, 0.05) is 25.7 Å². The number of fused-ring (bicyclic) bond motifs is 1. The molecule has 0 fully saturated rings. The lowest BCUT2D eigenvalue weighted by Gasteiger charge is -2.29. The number of para-hydroxylation sites is 1. The molecule has 0 atom stereocenters. The highest BCUT2D eigenvalue weighted by Gasteiger charge is 2.25. The van der Waals surface area contributed by atoms with Crippen LogP contribution in [0.1, 0.15) is 21.5 Å². The Bertz CT molecular complexity index is 1140. The van der Waals surface area contributed by atoms with E-state index in [-0.39, 0.29) is 10.8 Å². The zero-order valence-corrected chi connectivity index (χ0v) is 17.0. The smallest absolute Gasteiger partial charge is 0.264 e. The SMILES string of the molecule is CN(c1ccccc1)S(=O)(=O)c1cccc(C(=O)N2CCc3ccccc3C2)c1. The molecule has 1 aliphatic rings. The van der Waals surface area contributed by atoms with E-state index in [1.165, 1.54) is 29.0 Å². The Kier molecular flexibility index (Phi) is 5.11. The number of hydrogen-bond donors (Lipinski definition) is 0. The predicted octanol–water partition coefficient (Wildman–Crippen LogP) is 3.71. The van der Waals surface area contributed by atoms with Crippen LogP contribution in [0.5, 0.6) is 0 Å². The van der Waals surface area contributed by atoms with Gasteiger partial charge in [-0.1, -0.05) is 48.5 Å². The number of benzene rings is 3. The molecule has 1 amide bonds. The number of anilines is 1. The molecule has 0 bridgehead atoms. The molecule has 148 valence electrons. The van der Waals surface area contributed by atoms with Crippen LogP contribution in [0, 0.1) is 0 Å². The molecule has 5 nitrogen and oxygen atoms in total. The Labute approximate surface area is 171 Å². The van der Waals surface area contributed by atoms with Gasteiger partial charge in [0.05, 0.1) is 10.6 Å². The quantitative estimate of drug-likeness (QED) is 0.664. The van der Waals surface area contributed by atoms with Gasteiger partial charge in [-0.2, -0.15) is 0 Å². The summed E-state index contributed by atoms with van der Waals surface area (Å²) in [6.07, 6.45) is 0.802. The van der Waals surface area contributed by atoms with Crippen molar-refractivity contribution < 1.29 is 13.2 Å². The number of amides is 1. The van der Waals surface area contributed by atoms with Crippen molar-refractivity contribution in [2.24, 2.45) is 0 Å². The molecule has 0 saturated heterocycles. The molecule has 0 aromatic heterocycles. The topological polar surface area (TPSA) is 57.7 Å². The average Bonchev–Trinajstić information content (AvgIpc) is 2.78. The fraction of sp³-hybridized carbons (Fsp3) is 0.174. The highest BCUT2D eigenvalue weighted by atomic mass is 32.2. The molecule has 0 unspecified atom stereocenters. The minimum absolute atomic E-state index is 0.104. The lowest BCUT2D eigenvalue weighted by atomic mass is 9.99. The van der Waals surface area contributed by atoms with E-state index < -0.39 is 10.0 Å². The first-order valence-corrected chi connectivity index (χ1v) is 10.9. The second-order valence-electron chi connectivity index (χ2n) is 7.08. The second kappa shape index (κ2) is 7.72. The first-order valence-electron chi connectivity index (χ1n) is 9.47. The monoisotopic (exact) mass is 406 g/mol. The van der Waals surface area contributed by atoms with Gasteiger partial charge in [-0.25, -0.2) is 8.42 Å². The Morgan fingerprint density at radius 2 is 1.59 bits per heavy atom. The maximum absolute atomic E-state index is 13.0. The van der Waals surface area contributed by atoms with E-state index in [9.17, 15) is 13.2 Å². The van der Waals surface area contributed by atoms with Crippen LogP contribution in [-0.4, -0.2) is 32.8 Å². The number of carbonyl (C=O) groups is 1. The first kappa shape index (κ1) is 19.2. The molecule has 0 saturated carbocycles. The van der Waals surface area contributed by atoms with E-state index in [0.29, 0.717) is 24.3 Å². The third-order valence-corrected chi connectivity index (χ3v) is 7.06. The van der Waals surface area contributed by atoms with Crippen LogP contribution in [0.2, 0.25) is 0 Å². The molecular weight excluding hydrogens is 384 g/mol. The molecule has 0 spiro atoms. The van der Waals surface area contributed by atoms with Gasteiger partial charge in [0.15, 0.2) is 0 Å². The van der Waals surface area contributed by atoms with E-state index >= 15 is 0 Å². The van der Waals surface area contributed by atoms with Crippen molar-refractivity contribution in [1.82, 2.24) is 4.90 Å². The number of nitrogens with zero attached hydrogens (tertiary/aromatic N) is 2. The maximum atomic E-state index is 13.0. The van der Waals surface area contributed by atoms with Crippen LogP contribution in [-0.2, 0) is 23.0 Å². The molecule has 0 radical (unpaired) electrons. The van der Waals surface area contributed by atoms with E-state index in [1.54, 1.807) is 41.3 Å². The van der Waals surface area contributed by atoms with E-state index in [2.05, 4.69) is 6.07 Å². The van der Waals surface area contributed by atoms with Crippen molar-refractivity contribution in [2.75, 3.05) is 17.9 Å². The number of rotatable bonds is 4. The summed E-state index contributed by atoms with van der Waals surface area (Å²) in [6, 6.07) is 23.3. The number of hydrogen-bond acceptors (Lipinski definition) is 3. The van der Waals surface area contributed by atoms with Gasteiger partial charge in [-0.05, 0) is 47.9 Å². The van der Waals surface area contributed by atoms with Gasteiger partial charge in [0.25, 0.3) is 15.9 Å². The minimum atomic E-state index is -3.76. The van der Waals surface area contributed by atoms with Crippen molar-refractivity contribution in [2.45, 2.75) is 17.9 Å². The van der Waals surface area contributed by atoms with Crippen LogP contribution in [0.15, 0.2) is 83.8 Å². The lowest BCUT2D eigenvalue weighted by molar-refractivity contribution is 0.0734. The highest BCUT2D eigenvalue weighted by molar-refractivity contribution is 7.92. The molecule has 1 aliphatic heterocycles. The summed E-state index contributed by atoms with van der Waals surface area (Å²) in [6.45, 7) is 1.16. The van der Waals surface area contributed by atoms with Gasteiger partial charge < -0.3 is 4.90 Å². The predicted molar refractivity (Wildman–Crippen MR) is 113 cm³/mol. The van der Waals surface area contributed by atoms with Crippen LogP contribution >= 0.6 is 0 Å². The molecule has 29 heavy (non-hydrogen) atoms. The number of carbonyl (C=O) groups excluding carboxylic acids is 1. The van der Waals surface area contributed by atoms with Crippen molar-refractivity contribution in [3.05, 3.63) is 95.6 Å². The molecule has 3 aromatic rings. The Morgan fingerprint density at radius 3 is 2.34 bits per heavy atom. The highest BCUT2D eigenvalue weighted by Crippen LogP contribution is 2.24. The molecule has 0 aliphatic carbocycles. The summed E-state index contributed by atoms with van der Waals surface area (Å²) in [4.78, 5) is 14.9. The summed E-state index contributed by atoms with van der Waals surface area (Å²) in [7, 11) is -2.25. The zero-order valence-electron chi connectivity index (χ0n) is 16.2. The summed E-state index contributed by atoms with van der Waals surface area (Å²) in [5.41, 5.74) is 3.35. The van der Waals surface area contributed by atoms with Gasteiger partial charge in [-0.3, -0.25) is 9.10 Å². The summed E-state index contributed by atoms with van der Waals surface area (Å²) in [5, 5.41) is 0. The Balaban J connectivity index is 1.60. The average molecular weight is 407 g/mol. The molecule has 4 rings (SSSR count). The number of sulfonamides is 1. The largest absolute Gasteiger partial charge is 0.334 e. The van der Waals surface area contributed by atoms with Crippen LogP contribution in [0.4, 0.5) is 5.69 Å². The van der Waals surface area contributed by atoms with Crippen LogP contribution in [0.3, 0.4) is 0 Å². The summed E-state index contributed by atoms with van der Waals surface area (Å²) in [5.74, 6) is -0.154. The molecule has 6 heteroatoms. The van der Waals surface area contributed by atoms with Crippen molar-refractivity contribution in [3.8, 4) is 0 Å². The van der Waals surface area contributed by atoms with Gasteiger partial charge in [0.2, 0.25) is 0 Å². The normalized spacial score (nSPS) is 13.6. The standard InChI is InChI=1S/C23H22N2O3S/c1-24(21-11-3-2-4-12-21)29(27,28)22-13-7-10-19(16-22)23(26)25-15-14-18-8-5-6-9-20(18)17-25/h2-13,16H,14-15,17H2,1H3. The fourth-order valence-electron chi connectivity index (χ4n) is 3.58. The first-order chi connectivity index (χ1) is 14.0. The Hall–Kier alpha value is -3.12. The molecule has 1 heterocycles. The van der Waals surface area contributed by atoms with E-state index in [4.69, 9.17) is 0 Å². The lowest BCUT2D eigenvalue weighted by Crippen LogP contribution is -2.36. The van der Waals surface area contributed by atoms with E-state index in [1.807, 2.05) is 24.3 Å². The van der Waals surface area contributed by atoms with E-state index in [0.717, 1.165) is 12.0 Å². The van der Waals surface area contributed by atoms with Crippen molar-refractivity contribution in [1.29, 1.82) is 0 Å². The maximum Gasteiger partial charge on any atom is 0.264 e. The molecular formula is C23H22N2O3S. The fourth-order valence-corrected chi connectivity index (χ4v) is 4.82. The van der Waals surface area contributed by atoms with Crippen LogP contribution < -0.4 is 4.31 Å².